The Morgan fingerprint density at radius 3 is 2.72 bits per heavy atom. The summed E-state index contributed by atoms with van der Waals surface area (Å²) in [4.78, 5) is 6.33. The van der Waals surface area contributed by atoms with Crippen molar-refractivity contribution < 1.29 is 5.11 Å². The van der Waals surface area contributed by atoms with Crippen molar-refractivity contribution in [2.75, 3.05) is 19.6 Å². The van der Waals surface area contributed by atoms with Gasteiger partial charge >= 0.3 is 0 Å². The largest absolute Gasteiger partial charge is 0.376 e. The van der Waals surface area contributed by atoms with E-state index in [0.717, 1.165) is 31.5 Å². The van der Waals surface area contributed by atoms with Crippen molar-refractivity contribution in [1.82, 2.24) is 9.88 Å². The van der Waals surface area contributed by atoms with Crippen molar-refractivity contribution in [2.24, 2.45) is 5.92 Å². The lowest BCUT2D eigenvalue weighted by atomic mass is 9.76. The molecule has 4 heterocycles. The summed E-state index contributed by atoms with van der Waals surface area (Å²) >= 11 is 0. The minimum Gasteiger partial charge on any atom is -0.376 e. The molecule has 4 heteroatoms. The first-order valence-corrected chi connectivity index (χ1v) is 6.14. The summed E-state index contributed by atoms with van der Waals surface area (Å²) in [5.74, 6) is 6.46. The fourth-order valence-electron chi connectivity index (χ4n) is 2.80. The number of hydrogen-bond acceptors (Lipinski definition) is 3. The van der Waals surface area contributed by atoms with Crippen LogP contribution in [0, 0.1) is 17.8 Å². The first-order chi connectivity index (χ1) is 8.26. The van der Waals surface area contributed by atoms with Gasteiger partial charge < -0.3 is 5.11 Å². The lowest BCUT2D eigenvalue weighted by Gasteiger charge is -2.47. The molecule has 2 bridgehead atoms. The number of nitrogens with zero attached hydrogens (tertiary/aromatic N) is 2. The Hall–Kier alpha value is -1.08. The first-order valence-electron chi connectivity index (χ1n) is 6.14. The van der Waals surface area contributed by atoms with Crippen molar-refractivity contribution in [2.45, 2.75) is 18.4 Å². The molecule has 3 aliphatic rings. The summed E-state index contributed by atoms with van der Waals surface area (Å²) in [7, 11) is 0. The molecule has 3 fully saturated rings. The van der Waals surface area contributed by atoms with Crippen LogP contribution in [0.15, 0.2) is 24.5 Å². The molecule has 3 saturated heterocycles. The molecule has 1 aromatic heterocycles. The Morgan fingerprint density at radius 2 is 2.17 bits per heavy atom. The van der Waals surface area contributed by atoms with E-state index >= 15 is 0 Å². The van der Waals surface area contributed by atoms with Gasteiger partial charge in [-0.05, 0) is 38.1 Å². The van der Waals surface area contributed by atoms with Crippen LogP contribution in [0.3, 0.4) is 0 Å². The SMILES string of the molecule is Cl.OC1(C#Cc2cccnc2)CN2CCC1CC2. The molecule has 1 N–H and O–H groups in total. The number of piperidine rings is 3. The third-order valence-corrected chi connectivity index (χ3v) is 3.81. The van der Waals surface area contributed by atoms with E-state index in [1.54, 1.807) is 12.4 Å². The molecule has 18 heavy (non-hydrogen) atoms. The van der Waals surface area contributed by atoms with Crippen LogP contribution in [0.2, 0.25) is 0 Å². The van der Waals surface area contributed by atoms with E-state index in [1.807, 2.05) is 12.1 Å². The highest BCUT2D eigenvalue weighted by Gasteiger charge is 2.44. The van der Waals surface area contributed by atoms with Crippen LogP contribution in [0.5, 0.6) is 0 Å². The molecule has 0 aliphatic carbocycles. The Bertz CT molecular complexity index is 460. The second kappa shape index (κ2) is 5.27. The molecule has 0 saturated carbocycles. The molecule has 1 unspecified atom stereocenters. The van der Waals surface area contributed by atoms with E-state index in [1.165, 1.54) is 0 Å². The van der Waals surface area contributed by atoms with Crippen molar-refractivity contribution in [3.05, 3.63) is 30.1 Å². The second-order valence-electron chi connectivity index (χ2n) is 4.97. The molecule has 4 rings (SSSR count). The van der Waals surface area contributed by atoms with Crippen LogP contribution in [-0.4, -0.2) is 40.2 Å². The van der Waals surface area contributed by atoms with E-state index in [0.29, 0.717) is 12.5 Å². The van der Waals surface area contributed by atoms with Crippen molar-refractivity contribution >= 4 is 12.4 Å². The Kier molecular flexibility index (Phi) is 3.91. The third-order valence-electron chi connectivity index (χ3n) is 3.81. The summed E-state index contributed by atoms with van der Waals surface area (Å²) < 4.78 is 0. The zero-order valence-electron chi connectivity index (χ0n) is 10.2. The van der Waals surface area contributed by atoms with Gasteiger partial charge in [0.1, 0.15) is 5.60 Å². The molecule has 1 aromatic rings. The van der Waals surface area contributed by atoms with Gasteiger partial charge in [0.05, 0.1) is 0 Å². The van der Waals surface area contributed by atoms with Crippen molar-refractivity contribution in [3.8, 4) is 11.8 Å². The van der Waals surface area contributed by atoms with E-state index in [2.05, 4.69) is 21.7 Å². The van der Waals surface area contributed by atoms with E-state index < -0.39 is 5.60 Å². The summed E-state index contributed by atoms with van der Waals surface area (Å²) in [6.45, 7) is 2.92. The van der Waals surface area contributed by atoms with Crippen LogP contribution in [0.4, 0.5) is 0 Å². The van der Waals surface area contributed by atoms with Gasteiger partial charge in [-0.25, -0.2) is 0 Å². The standard InChI is InChI=1S/C14H16N2O.ClH/c17-14(6-3-12-2-1-7-15-10-12)11-16-8-4-13(14)5-9-16;/h1-2,7,10,13,17H,4-5,8-9,11H2;1H. The topological polar surface area (TPSA) is 36.4 Å². The van der Waals surface area contributed by atoms with Crippen LogP contribution < -0.4 is 0 Å². The molecule has 96 valence electrons. The maximum Gasteiger partial charge on any atom is 0.141 e. The zero-order valence-corrected chi connectivity index (χ0v) is 11.0. The predicted octanol–water partition coefficient (Wildman–Crippen LogP) is 1.31. The zero-order chi connectivity index (χ0) is 11.7. The van der Waals surface area contributed by atoms with Gasteiger partial charge in [-0.1, -0.05) is 11.8 Å². The van der Waals surface area contributed by atoms with Gasteiger partial charge in [-0.3, -0.25) is 9.88 Å². The second-order valence-corrected chi connectivity index (χ2v) is 4.97. The molecule has 1 atom stereocenters. The lowest BCUT2D eigenvalue weighted by molar-refractivity contribution is -0.0713. The molecular formula is C14H17ClN2O. The van der Waals surface area contributed by atoms with Crippen molar-refractivity contribution in [1.29, 1.82) is 0 Å². The number of fused-ring (bicyclic) bond motifs is 3. The van der Waals surface area contributed by atoms with Crippen molar-refractivity contribution in [3.63, 3.8) is 0 Å². The van der Waals surface area contributed by atoms with Crippen LogP contribution >= 0.6 is 12.4 Å². The highest BCUT2D eigenvalue weighted by atomic mass is 35.5. The van der Waals surface area contributed by atoms with E-state index in [-0.39, 0.29) is 12.4 Å². The van der Waals surface area contributed by atoms with Crippen LogP contribution in [-0.2, 0) is 0 Å². The fourth-order valence-corrected chi connectivity index (χ4v) is 2.80. The van der Waals surface area contributed by atoms with Crippen LogP contribution in [0.25, 0.3) is 0 Å². The number of aromatic nitrogens is 1. The lowest BCUT2D eigenvalue weighted by Crippen LogP contribution is -2.58. The highest BCUT2D eigenvalue weighted by molar-refractivity contribution is 5.85. The quantitative estimate of drug-likeness (QED) is 0.718. The number of aliphatic hydroxyl groups is 1. The third kappa shape index (κ3) is 2.51. The number of pyridine rings is 1. The Balaban J connectivity index is 0.00000120. The molecule has 0 radical (unpaired) electrons. The average molecular weight is 265 g/mol. The van der Waals surface area contributed by atoms with E-state index in [9.17, 15) is 5.11 Å². The summed E-state index contributed by atoms with van der Waals surface area (Å²) in [6.07, 6.45) is 5.60. The molecule has 0 spiro atoms. The molecule has 0 aromatic carbocycles. The normalized spacial score (nSPS) is 33.2. The smallest absolute Gasteiger partial charge is 0.141 e. The minimum absolute atomic E-state index is 0. The molecular weight excluding hydrogens is 248 g/mol. The first kappa shape index (κ1) is 13.4. The van der Waals surface area contributed by atoms with Gasteiger partial charge in [0.2, 0.25) is 0 Å². The number of rotatable bonds is 0. The number of halogens is 1. The maximum atomic E-state index is 10.6. The maximum absolute atomic E-state index is 10.6. The predicted molar refractivity (Wildman–Crippen MR) is 72.5 cm³/mol. The van der Waals surface area contributed by atoms with E-state index in [4.69, 9.17) is 0 Å². The average Bonchev–Trinajstić information content (AvgIpc) is 2.39. The van der Waals surface area contributed by atoms with Crippen LogP contribution in [0.1, 0.15) is 18.4 Å². The van der Waals surface area contributed by atoms with Gasteiger partial charge in [-0.15, -0.1) is 12.4 Å². The molecule has 3 nitrogen and oxygen atoms in total. The highest BCUT2D eigenvalue weighted by Crippen LogP contribution is 2.35. The van der Waals surface area contributed by atoms with Gasteiger partial charge in [0.25, 0.3) is 0 Å². The summed E-state index contributed by atoms with van der Waals surface area (Å²) in [5.41, 5.74) is 0.0594. The fraction of sp³-hybridized carbons (Fsp3) is 0.500. The minimum atomic E-state index is -0.813. The Morgan fingerprint density at radius 1 is 1.39 bits per heavy atom. The summed E-state index contributed by atoms with van der Waals surface area (Å²) in [5, 5.41) is 10.6. The van der Waals surface area contributed by atoms with Gasteiger partial charge in [-0.2, -0.15) is 0 Å². The summed E-state index contributed by atoms with van der Waals surface area (Å²) in [6, 6.07) is 3.79. The molecule has 0 amide bonds. The molecule has 3 aliphatic heterocycles. The van der Waals surface area contributed by atoms with Gasteiger partial charge in [0, 0.05) is 30.4 Å². The van der Waals surface area contributed by atoms with Gasteiger partial charge in [0.15, 0.2) is 0 Å². The number of hydrogen-bond donors (Lipinski definition) is 1. The monoisotopic (exact) mass is 264 g/mol. The Labute approximate surface area is 114 Å².